The predicted octanol–water partition coefficient (Wildman–Crippen LogP) is 3.84. The molecule has 4 nitrogen and oxygen atoms in total. The lowest BCUT2D eigenvalue weighted by molar-refractivity contribution is -0.132. The van der Waals surface area contributed by atoms with E-state index in [1.807, 2.05) is 24.3 Å². The lowest BCUT2D eigenvalue weighted by Gasteiger charge is -2.06. The van der Waals surface area contributed by atoms with E-state index in [1.165, 1.54) is 0 Å². The largest absolute Gasteiger partial charge is 0.478 e. The van der Waals surface area contributed by atoms with E-state index in [4.69, 9.17) is 16.7 Å². The lowest BCUT2D eigenvalue weighted by atomic mass is 10.2. The summed E-state index contributed by atoms with van der Waals surface area (Å²) in [7, 11) is 0. The van der Waals surface area contributed by atoms with E-state index in [9.17, 15) is 4.79 Å². The molecule has 0 spiro atoms. The average molecular weight is 356 g/mol. The van der Waals surface area contributed by atoms with Crippen LogP contribution in [0.5, 0.6) is 0 Å². The van der Waals surface area contributed by atoms with Crippen molar-refractivity contribution in [1.29, 1.82) is 0 Å². The summed E-state index contributed by atoms with van der Waals surface area (Å²) in [6.07, 6.45) is 3.24. The third kappa shape index (κ3) is 3.49. The highest BCUT2D eigenvalue weighted by Gasteiger charge is 2.09. The molecule has 0 unspecified atom stereocenters. The van der Waals surface area contributed by atoms with Gasteiger partial charge in [-0.3, -0.25) is 4.68 Å². The van der Waals surface area contributed by atoms with E-state index in [2.05, 4.69) is 21.0 Å². The maximum atomic E-state index is 10.9. The zero-order valence-corrected chi connectivity index (χ0v) is 13.0. The highest BCUT2D eigenvalue weighted by Crippen LogP contribution is 2.21. The first kappa shape index (κ1) is 14.8. The molecule has 0 aliphatic rings. The molecule has 0 radical (unpaired) electrons. The zero-order valence-electron chi connectivity index (χ0n) is 10.7. The molecule has 1 N–H and O–H groups in total. The Morgan fingerprint density at radius 1 is 1.45 bits per heavy atom. The molecule has 0 atom stereocenters. The Morgan fingerprint density at radius 2 is 2.10 bits per heavy atom. The zero-order chi connectivity index (χ0) is 14.7. The Balaban J connectivity index is 2.32. The van der Waals surface area contributed by atoms with E-state index in [1.54, 1.807) is 23.9 Å². The van der Waals surface area contributed by atoms with Crippen LogP contribution in [0.15, 0.2) is 40.5 Å². The number of benzene rings is 1. The van der Waals surface area contributed by atoms with Gasteiger partial charge in [-0.05, 0) is 46.6 Å². The van der Waals surface area contributed by atoms with Gasteiger partial charge in [0.1, 0.15) is 0 Å². The van der Waals surface area contributed by atoms with Crippen LogP contribution >= 0.6 is 27.5 Å². The maximum absolute atomic E-state index is 10.9. The highest BCUT2D eigenvalue weighted by atomic mass is 79.9. The summed E-state index contributed by atoms with van der Waals surface area (Å²) in [5, 5.41) is 13.9. The van der Waals surface area contributed by atoms with Crippen molar-refractivity contribution in [3.05, 3.63) is 56.8 Å². The molecule has 0 bridgehead atoms. The van der Waals surface area contributed by atoms with E-state index in [-0.39, 0.29) is 5.57 Å². The summed E-state index contributed by atoms with van der Waals surface area (Å²) in [5.74, 6) is -0.948. The quantitative estimate of drug-likeness (QED) is 0.848. The predicted molar refractivity (Wildman–Crippen MR) is 81.8 cm³/mol. The molecule has 0 fully saturated rings. The number of aromatic nitrogens is 2. The van der Waals surface area contributed by atoms with Gasteiger partial charge in [0.05, 0.1) is 22.9 Å². The van der Waals surface area contributed by atoms with E-state index >= 15 is 0 Å². The Hall–Kier alpha value is -1.59. The first-order valence-corrected chi connectivity index (χ1v) is 7.02. The van der Waals surface area contributed by atoms with Crippen LogP contribution in [-0.4, -0.2) is 20.9 Å². The van der Waals surface area contributed by atoms with E-state index in [0.717, 1.165) is 15.7 Å². The van der Waals surface area contributed by atoms with Gasteiger partial charge in [-0.15, -0.1) is 0 Å². The monoisotopic (exact) mass is 354 g/mol. The molecular weight excluding hydrogens is 344 g/mol. The number of nitrogens with zero attached hydrogens (tertiary/aromatic N) is 2. The molecule has 2 aromatic rings. The molecule has 1 aromatic carbocycles. The van der Waals surface area contributed by atoms with Crippen molar-refractivity contribution in [3.63, 3.8) is 0 Å². The van der Waals surface area contributed by atoms with Crippen molar-refractivity contribution in [3.8, 4) is 0 Å². The van der Waals surface area contributed by atoms with Crippen LogP contribution in [0.2, 0.25) is 5.02 Å². The van der Waals surface area contributed by atoms with Crippen molar-refractivity contribution >= 4 is 39.6 Å². The smallest absolute Gasteiger partial charge is 0.331 e. The molecule has 2 rings (SSSR count). The maximum Gasteiger partial charge on any atom is 0.331 e. The van der Waals surface area contributed by atoms with Crippen LogP contribution in [0.25, 0.3) is 6.08 Å². The number of hydrogen-bond acceptors (Lipinski definition) is 2. The van der Waals surface area contributed by atoms with Crippen LogP contribution in [0.4, 0.5) is 0 Å². The Morgan fingerprint density at radius 3 is 2.70 bits per heavy atom. The molecule has 20 heavy (non-hydrogen) atoms. The van der Waals surface area contributed by atoms with Gasteiger partial charge in [0.15, 0.2) is 0 Å². The van der Waals surface area contributed by atoms with Crippen LogP contribution < -0.4 is 0 Å². The summed E-state index contributed by atoms with van der Waals surface area (Å²) >= 11 is 9.23. The summed E-state index contributed by atoms with van der Waals surface area (Å²) in [5.41, 5.74) is 2.01. The first-order chi connectivity index (χ1) is 9.47. The van der Waals surface area contributed by atoms with Gasteiger partial charge < -0.3 is 5.11 Å². The fraction of sp³-hybridized carbons (Fsp3) is 0.143. The van der Waals surface area contributed by atoms with Crippen molar-refractivity contribution in [1.82, 2.24) is 9.78 Å². The molecule has 6 heteroatoms. The van der Waals surface area contributed by atoms with Gasteiger partial charge in [-0.1, -0.05) is 23.7 Å². The van der Waals surface area contributed by atoms with Gasteiger partial charge in [0.2, 0.25) is 0 Å². The fourth-order valence-corrected chi connectivity index (χ4v) is 2.21. The Bertz CT molecular complexity index is 662. The summed E-state index contributed by atoms with van der Waals surface area (Å²) in [4.78, 5) is 10.9. The third-order valence-electron chi connectivity index (χ3n) is 2.77. The number of carbonyl (C=O) groups is 1. The molecular formula is C14H12BrClN2O2. The summed E-state index contributed by atoms with van der Waals surface area (Å²) in [6.45, 7) is 2.09. The Labute approximate surface area is 129 Å². The van der Waals surface area contributed by atoms with Gasteiger partial charge >= 0.3 is 5.97 Å². The number of aliphatic carboxylic acids is 1. The third-order valence-corrected chi connectivity index (χ3v) is 3.63. The Kier molecular flexibility index (Phi) is 4.62. The topological polar surface area (TPSA) is 55.1 Å². The average Bonchev–Trinajstić information content (AvgIpc) is 2.74. The standard InChI is InChI=1S/C14H12BrClN2O2/c1-9(14(19)20)6-13-12(15)7-17-18(13)8-10-2-4-11(16)5-3-10/h2-7H,8H2,1H3,(H,19,20)/b9-6+. The van der Waals surface area contributed by atoms with Crippen LogP contribution in [0, 0.1) is 0 Å². The summed E-state index contributed by atoms with van der Waals surface area (Å²) < 4.78 is 2.49. The van der Waals surface area contributed by atoms with E-state index < -0.39 is 5.97 Å². The number of carboxylic acid groups (broad SMARTS) is 1. The van der Waals surface area contributed by atoms with Gasteiger partial charge in [-0.25, -0.2) is 4.79 Å². The summed E-state index contributed by atoms with van der Waals surface area (Å²) in [6, 6.07) is 7.45. The first-order valence-electron chi connectivity index (χ1n) is 5.84. The molecule has 0 aliphatic carbocycles. The number of carboxylic acids is 1. The molecule has 0 aliphatic heterocycles. The SMILES string of the molecule is C/C(=C\c1c(Br)cnn1Cc1ccc(Cl)cc1)C(=O)O. The van der Waals surface area contributed by atoms with Crippen LogP contribution in [-0.2, 0) is 11.3 Å². The molecule has 0 saturated carbocycles. The minimum absolute atomic E-state index is 0.253. The minimum atomic E-state index is -0.948. The second-order valence-electron chi connectivity index (χ2n) is 4.29. The van der Waals surface area contributed by atoms with Crippen molar-refractivity contribution in [2.45, 2.75) is 13.5 Å². The highest BCUT2D eigenvalue weighted by molar-refractivity contribution is 9.10. The molecule has 1 aromatic heterocycles. The second kappa shape index (κ2) is 6.24. The molecule has 1 heterocycles. The number of halogens is 2. The molecule has 0 amide bonds. The van der Waals surface area contributed by atoms with Gasteiger partial charge in [0.25, 0.3) is 0 Å². The molecule has 0 saturated heterocycles. The van der Waals surface area contributed by atoms with Crippen molar-refractivity contribution in [2.75, 3.05) is 0 Å². The van der Waals surface area contributed by atoms with E-state index in [0.29, 0.717) is 11.6 Å². The number of rotatable bonds is 4. The number of hydrogen-bond donors (Lipinski definition) is 1. The second-order valence-corrected chi connectivity index (χ2v) is 5.59. The molecule has 104 valence electrons. The minimum Gasteiger partial charge on any atom is -0.478 e. The lowest BCUT2D eigenvalue weighted by Crippen LogP contribution is -2.05. The fourth-order valence-electron chi connectivity index (χ4n) is 1.67. The van der Waals surface area contributed by atoms with Crippen LogP contribution in [0.3, 0.4) is 0 Å². The van der Waals surface area contributed by atoms with Crippen molar-refractivity contribution < 1.29 is 9.90 Å². The van der Waals surface area contributed by atoms with Crippen LogP contribution in [0.1, 0.15) is 18.2 Å². The van der Waals surface area contributed by atoms with Gasteiger partial charge in [0, 0.05) is 10.6 Å². The van der Waals surface area contributed by atoms with Gasteiger partial charge in [-0.2, -0.15) is 5.10 Å². The normalized spacial score (nSPS) is 11.7. The van der Waals surface area contributed by atoms with Crippen molar-refractivity contribution in [2.24, 2.45) is 0 Å².